The van der Waals surface area contributed by atoms with Crippen molar-refractivity contribution < 1.29 is 4.79 Å². The monoisotopic (exact) mass is 235 g/mol. The van der Waals surface area contributed by atoms with Crippen LogP contribution in [0.4, 0.5) is 5.69 Å². The molecule has 0 fully saturated rings. The average Bonchev–Trinajstić information content (AvgIpc) is 2.38. The Labute approximate surface area is 103 Å². The number of nitrogen functional groups attached to an aromatic ring is 1. The maximum atomic E-state index is 12.0. The zero-order valence-corrected chi connectivity index (χ0v) is 10.7. The van der Waals surface area contributed by atoms with Gasteiger partial charge in [0, 0.05) is 16.8 Å². The van der Waals surface area contributed by atoms with Gasteiger partial charge >= 0.3 is 0 Å². The molecule has 1 rings (SSSR count). The van der Waals surface area contributed by atoms with Crippen molar-refractivity contribution in [3.63, 3.8) is 0 Å². The highest BCUT2D eigenvalue weighted by Gasteiger charge is 2.22. The van der Waals surface area contributed by atoms with E-state index >= 15 is 0 Å². The number of hydrogen-bond acceptors (Lipinski definition) is 3. The molecule has 4 nitrogen and oxygen atoms in total. The molecule has 0 saturated heterocycles. The van der Waals surface area contributed by atoms with Gasteiger partial charge in [-0.2, -0.15) is 0 Å². The van der Waals surface area contributed by atoms with Gasteiger partial charge in [0.1, 0.15) is 0 Å². The molecule has 0 atom stereocenters. The fourth-order valence-electron chi connectivity index (χ4n) is 1.49. The minimum atomic E-state index is -0.137. The molecule has 0 bridgehead atoms. The summed E-state index contributed by atoms with van der Waals surface area (Å²) >= 11 is 0. The summed E-state index contributed by atoms with van der Waals surface area (Å²) in [7, 11) is 0. The first kappa shape index (κ1) is 13.5. The molecule has 94 valence electrons. The van der Waals surface area contributed by atoms with Crippen LogP contribution in [0.15, 0.2) is 24.3 Å². The number of rotatable bonds is 5. The molecule has 4 N–H and O–H groups in total. The largest absolute Gasteiger partial charge is 0.347 e. The molecule has 1 amide bonds. The lowest BCUT2D eigenvalue weighted by atomic mass is 9.95. The van der Waals surface area contributed by atoms with E-state index in [1.807, 2.05) is 0 Å². The Kier molecular flexibility index (Phi) is 4.52. The zero-order chi connectivity index (χ0) is 12.9. The highest BCUT2D eigenvalue weighted by atomic mass is 16.1. The second-order valence-electron chi connectivity index (χ2n) is 4.44. The normalized spacial score (nSPS) is 11.1. The molecule has 0 heterocycles. The number of carbonyl (C=O) groups is 1. The minimum absolute atomic E-state index is 0.0419. The maximum absolute atomic E-state index is 12.0. The third kappa shape index (κ3) is 3.46. The standard InChI is InChI=1S/C13H21N3O/c1-4-13(3,5-2)15-12(17)10-6-8-11(16-14)9-7-10/h6-9,16H,4-5,14H2,1-3H3,(H,15,17). The summed E-state index contributed by atoms with van der Waals surface area (Å²) in [6, 6.07) is 7.08. The first-order chi connectivity index (χ1) is 8.04. The Bertz CT molecular complexity index is 369. The molecule has 17 heavy (non-hydrogen) atoms. The van der Waals surface area contributed by atoms with Gasteiger partial charge in [-0.3, -0.25) is 10.6 Å². The summed E-state index contributed by atoms with van der Waals surface area (Å²) in [6.07, 6.45) is 1.83. The van der Waals surface area contributed by atoms with E-state index in [1.54, 1.807) is 24.3 Å². The number of nitrogens with one attached hydrogen (secondary N) is 2. The number of benzene rings is 1. The lowest BCUT2D eigenvalue weighted by molar-refractivity contribution is 0.0901. The van der Waals surface area contributed by atoms with Crippen molar-refractivity contribution in [2.24, 2.45) is 5.84 Å². The van der Waals surface area contributed by atoms with Crippen LogP contribution in [0.1, 0.15) is 44.0 Å². The van der Waals surface area contributed by atoms with E-state index in [0.717, 1.165) is 18.5 Å². The van der Waals surface area contributed by atoms with E-state index in [9.17, 15) is 4.79 Å². The quantitative estimate of drug-likeness (QED) is 0.542. The molecular formula is C13H21N3O. The number of hydrazine groups is 1. The van der Waals surface area contributed by atoms with Crippen molar-refractivity contribution >= 4 is 11.6 Å². The van der Waals surface area contributed by atoms with Crippen LogP contribution in [-0.4, -0.2) is 11.4 Å². The van der Waals surface area contributed by atoms with Crippen LogP contribution in [-0.2, 0) is 0 Å². The molecule has 1 aromatic rings. The summed E-state index contributed by atoms with van der Waals surface area (Å²) < 4.78 is 0. The Morgan fingerprint density at radius 2 is 1.76 bits per heavy atom. The van der Waals surface area contributed by atoms with Crippen molar-refractivity contribution in [2.45, 2.75) is 39.2 Å². The molecular weight excluding hydrogens is 214 g/mol. The van der Waals surface area contributed by atoms with Gasteiger partial charge in [0.15, 0.2) is 0 Å². The number of amides is 1. The molecule has 0 aliphatic rings. The van der Waals surface area contributed by atoms with Crippen molar-refractivity contribution in [2.75, 3.05) is 5.43 Å². The second-order valence-corrected chi connectivity index (χ2v) is 4.44. The van der Waals surface area contributed by atoms with Gasteiger partial charge < -0.3 is 10.7 Å². The van der Waals surface area contributed by atoms with Crippen LogP contribution in [0.5, 0.6) is 0 Å². The lowest BCUT2D eigenvalue weighted by Gasteiger charge is -2.28. The molecule has 0 radical (unpaired) electrons. The highest BCUT2D eigenvalue weighted by molar-refractivity contribution is 5.95. The average molecular weight is 235 g/mol. The minimum Gasteiger partial charge on any atom is -0.347 e. The highest BCUT2D eigenvalue weighted by Crippen LogP contribution is 2.15. The van der Waals surface area contributed by atoms with E-state index in [4.69, 9.17) is 5.84 Å². The van der Waals surface area contributed by atoms with Gasteiger partial charge in [-0.15, -0.1) is 0 Å². The topological polar surface area (TPSA) is 67.2 Å². The number of nitrogens with two attached hydrogens (primary N) is 1. The van der Waals surface area contributed by atoms with Crippen LogP contribution in [0.2, 0.25) is 0 Å². The molecule has 1 aromatic carbocycles. The predicted octanol–water partition coefficient (Wildman–Crippen LogP) is 2.28. The van der Waals surface area contributed by atoms with Crippen LogP contribution < -0.4 is 16.6 Å². The molecule has 0 aromatic heterocycles. The van der Waals surface area contributed by atoms with Crippen LogP contribution >= 0.6 is 0 Å². The Balaban J connectivity index is 2.75. The summed E-state index contributed by atoms with van der Waals surface area (Å²) in [5.74, 6) is 5.23. The van der Waals surface area contributed by atoms with E-state index in [2.05, 4.69) is 31.5 Å². The molecule has 0 spiro atoms. The van der Waals surface area contributed by atoms with E-state index < -0.39 is 0 Å². The summed E-state index contributed by atoms with van der Waals surface area (Å²) in [5.41, 5.74) is 3.83. The molecule has 0 saturated carbocycles. The summed E-state index contributed by atoms with van der Waals surface area (Å²) in [5, 5.41) is 3.06. The zero-order valence-electron chi connectivity index (χ0n) is 10.7. The van der Waals surface area contributed by atoms with Crippen LogP contribution in [0.25, 0.3) is 0 Å². The van der Waals surface area contributed by atoms with Gasteiger partial charge in [0.05, 0.1) is 0 Å². The van der Waals surface area contributed by atoms with Crippen molar-refractivity contribution in [1.82, 2.24) is 5.32 Å². The van der Waals surface area contributed by atoms with Crippen LogP contribution in [0.3, 0.4) is 0 Å². The van der Waals surface area contributed by atoms with E-state index in [0.29, 0.717) is 5.56 Å². The first-order valence-electron chi connectivity index (χ1n) is 5.94. The Hall–Kier alpha value is -1.55. The Morgan fingerprint density at radius 1 is 1.24 bits per heavy atom. The lowest BCUT2D eigenvalue weighted by Crippen LogP contribution is -2.44. The van der Waals surface area contributed by atoms with E-state index in [-0.39, 0.29) is 11.4 Å². The maximum Gasteiger partial charge on any atom is 0.251 e. The number of anilines is 1. The SMILES string of the molecule is CCC(C)(CC)NC(=O)c1ccc(NN)cc1. The molecule has 0 aliphatic heterocycles. The smallest absolute Gasteiger partial charge is 0.251 e. The Morgan fingerprint density at radius 3 is 2.18 bits per heavy atom. The van der Waals surface area contributed by atoms with Gasteiger partial charge in [0.25, 0.3) is 5.91 Å². The summed E-state index contributed by atoms with van der Waals surface area (Å²) in [6.45, 7) is 6.21. The molecule has 0 unspecified atom stereocenters. The fourth-order valence-corrected chi connectivity index (χ4v) is 1.49. The van der Waals surface area contributed by atoms with Gasteiger partial charge in [-0.1, -0.05) is 13.8 Å². The third-order valence-electron chi connectivity index (χ3n) is 3.29. The first-order valence-corrected chi connectivity index (χ1v) is 5.94. The number of carbonyl (C=O) groups excluding carboxylic acids is 1. The van der Waals surface area contributed by atoms with Crippen molar-refractivity contribution in [3.05, 3.63) is 29.8 Å². The van der Waals surface area contributed by atoms with Crippen molar-refractivity contribution in [1.29, 1.82) is 0 Å². The van der Waals surface area contributed by atoms with Gasteiger partial charge in [0.2, 0.25) is 0 Å². The second kappa shape index (κ2) is 5.68. The molecule has 4 heteroatoms. The molecule has 0 aliphatic carbocycles. The van der Waals surface area contributed by atoms with Gasteiger partial charge in [-0.25, -0.2) is 0 Å². The third-order valence-corrected chi connectivity index (χ3v) is 3.29. The predicted molar refractivity (Wildman–Crippen MR) is 70.7 cm³/mol. The fraction of sp³-hybridized carbons (Fsp3) is 0.462. The summed E-state index contributed by atoms with van der Waals surface area (Å²) in [4.78, 5) is 12.0. The van der Waals surface area contributed by atoms with Crippen molar-refractivity contribution in [3.8, 4) is 0 Å². The van der Waals surface area contributed by atoms with Gasteiger partial charge in [-0.05, 0) is 44.0 Å². The number of hydrogen-bond donors (Lipinski definition) is 3. The van der Waals surface area contributed by atoms with Crippen LogP contribution in [0, 0.1) is 0 Å². The van der Waals surface area contributed by atoms with E-state index in [1.165, 1.54) is 0 Å².